The lowest BCUT2D eigenvalue weighted by molar-refractivity contribution is -0.138. The normalized spacial score (nSPS) is 25.5. The number of ether oxygens (including phenoxy) is 1. The molecule has 1 unspecified atom stereocenters. The summed E-state index contributed by atoms with van der Waals surface area (Å²) in [6.07, 6.45) is -0.304. The maximum Gasteiger partial charge on any atom is 0.346 e. The van der Waals surface area contributed by atoms with E-state index in [-0.39, 0.29) is 12.1 Å². The largest absolute Gasteiger partial charge is 0.452 e. The van der Waals surface area contributed by atoms with Crippen LogP contribution in [0.15, 0.2) is 8.96 Å². The first-order valence-electron chi connectivity index (χ1n) is 2.63. The number of carbonyl (C=O) groups is 1. The van der Waals surface area contributed by atoms with Crippen LogP contribution < -0.4 is 5.73 Å². The summed E-state index contributed by atoms with van der Waals surface area (Å²) < 4.78 is 5.93. The summed E-state index contributed by atoms with van der Waals surface area (Å²) in [5, 5.41) is 0. The van der Waals surface area contributed by atoms with Gasteiger partial charge in [-0.2, -0.15) is 0 Å². The number of cyclic esters (lactones) is 1. The van der Waals surface area contributed by atoms with Crippen LogP contribution in [0.3, 0.4) is 0 Å². The van der Waals surface area contributed by atoms with E-state index in [0.29, 0.717) is 15.5 Å². The van der Waals surface area contributed by atoms with E-state index in [1.807, 2.05) is 0 Å². The van der Waals surface area contributed by atoms with Crippen LogP contribution in [0, 0.1) is 0 Å². The summed E-state index contributed by atoms with van der Waals surface area (Å²) in [6, 6.07) is 0. The van der Waals surface area contributed by atoms with Gasteiger partial charge in [0.2, 0.25) is 0 Å². The molecule has 1 heterocycles. The van der Waals surface area contributed by atoms with Gasteiger partial charge in [-0.3, -0.25) is 0 Å². The van der Waals surface area contributed by atoms with Gasteiger partial charge in [0.1, 0.15) is 10.6 Å². The van der Waals surface area contributed by atoms with Crippen LogP contribution >= 0.6 is 31.9 Å². The highest BCUT2D eigenvalue weighted by molar-refractivity contribution is 9.14. The second kappa shape index (κ2) is 3.02. The van der Waals surface area contributed by atoms with Gasteiger partial charge in [-0.05, 0) is 15.9 Å². The van der Waals surface area contributed by atoms with Crippen LogP contribution in [0.1, 0.15) is 0 Å². The Balaban J connectivity index is 2.83. The van der Waals surface area contributed by atoms with E-state index in [4.69, 9.17) is 10.5 Å². The quantitative estimate of drug-likeness (QED) is 0.720. The summed E-state index contributed by atoms with van der Waals surface area (Å²) in [4.78, 5) is 10.7. The molecule has 0 aliphatic carbocycles. The Morgan fingerprint density at radius 1 is 1.60 bits per heavy atom. The van der Waals surface area contributed by atoms with Crippen molar-refractivity contribution in [1.29, 1.82) is 0 Å². The van der Waals surface area contributed by atoms with Crippen molar-refractivity contribution in [3.05, 3.63) is 8.96 Å². The fraction of sp³-hybridized carbons (Fsp3) is 0.400. The van der Waals surface area contributed by atoms with Gasteiger partial charge in [0, 0.05) is 6.54 Å². The van der Waals surface area contributed by atoms with Crippen LogP contribution in [-0.2, 0) is 9.53 Å². The van der Waals surface area contributed by atoms with Crippen LogP contribution in [0.5, 0.6) is 0 Å². The molecule has 3 nitrogen and oxygen atoms in total. The summed E-state index contributed by atoms with van der Waals surface area (Å²) >= 11 is 6.23. The predicted molar refractivity (Wildman–Crippen MR) is 43.8 cm³/mol. The van der Waals surface area contributed by atoms with E-state index in [9.17, 15) is 4.79 Å². The average molecular weight is 271 g/mol. The van der Waals surface area contributed by atoms with Gasteiger partial charge in [0.15, 0.2) is 0 Å². The number of hydrogen-bond donors (Lipinski definition) is 1. The van der Waals surface area contributed by atoms with E-state index < -0.39 is 0 Å². The van der Waals surface area contributed by atoms with E-state index in [2.05, 4.69) is 31.9 Å². The zero-order valence-corrected chi connectivity index (χ0v) is 8.11. The minimum atomic E-state index is -0.359. The third-order valence-corrected chi connectivity index (χ3v) is 3.33. The molecule has 1 rings (SSSR count). The standard InChI is InChI=1S/C5H5Br2NO2/c6-3-2(1-8)10-5(9)4(3)7/h2H,1,8H2. The molecule has 5 heteroatoms. The number of halogens is 2. The fourth-order valence-corrected chi connectivity index (χ4v) is 1.41. The molecular formula is C5H5Br2NO2. The van der Waals surface area contributed by atoms with Crippen LogP contribution in [0.25, 0.3) is 0 Å². The number of hydrogen-bond acceptors (Lipinski definition) is 3. The fourth-order valence-electron chi connectivity index (χ4n) is 0.623. The molecule has 0 aromatic heterocycles. The zero-order valence-electron chi connectivity index (χ0n) is 4.93. The second-order valence-corrected chi connectivity index (χ2v) is 3.44. The Bertz CT molecular complexity index is 202. The zero-order chi connectivity index (χ0) is 7.72. The number of carbonyl (C=O) groups excluding carboxylic acids is 1. The molecule has 0 bridgehead atoms. The average Bonchev–Trinajstić information content (AvgIpc) is 2.17. The first-order chi connectivity index (χ1) is 4.66. The second-order valence-electron chi connectivity index (χ2n) is 1.79. The highest BCUT2D eigenvalue weighted by atomic mass is 79.9. The maximum atomic E-state index is 10.7. The van der Waals surface area contributed by atoms with Crippen molar-refractivity contribution >= 4 is 37.8 Å². The van der Waals surface area contributed by atoms with Gasteiger partial charge >= 0.3 is 5.97 Å². The van der Waals surface area contributed by atoms with Crippen LogP contribution in [0.4, 0.5) is 0 Å². The monoisotopic (exact) mass is 269 g/mol. The lowest BCUT2D eigenvalue weighted by atomic mass is 10.3. The van der Waals surface area contributed by atoms with E-state index in [0.717, 1.165) is 0 Å². The summed E-state index contributed by atoms with van der Waals surface area (Å²) in [7, 11) is 0. The Kier molecular flexibility index (Phi) is 2.49. The molecule has 2 N–H and O–H groups in total. The Hall–Kier alpha value is 0.130. The molecule has 0 saturated heterocycles. The summed E-state index contributed by atoms with van der Waals surface area (Å²) in [6.45, 7) is 0.307. The lowest BCUT2D eigenvalue weighted by Crippen LogP contribution is -2.21. The van der Waals surface area contributed by atoms with Crippen molar-refractivity contribution in [2.45, 2.75) is 6.10 Å². The molecule has 0 aromatic rings. The van der Waals surface area contributed by atoms with Crippen molar-refractivity contribution in [2.24, 2.45) is 5.73 Å². The summed E-state index contributed by atoms with van der Waals surface area (Å²) in [5.41, 5.74) is 5.29. The van der Waals surface area contributed by atoms with Crippen molar-refractivity contribution in [1.82, 2.24) is 0 Å². The van der Waals surface area contributed by atoms with Crippen molar-refractivity contribution in [2.75, 3.05) is 6.54 Å². The number of rotatable bonds is 1. The lowest BCUT2D eigenvalue weighted by Gasteiger charge is -2.04. The van der Waals surface area contributed by atoms with Crippen molar-refractivity contribution in [3.8, 4) is 0 Å². The molecule has 1 aliphatic heterocycles. The maximum absolute atomic E-state index is 10.7. The Morgan fingerprint density at radius 2 is 2.20 bits per heavy atom. The molecule has 0 aromatic carbocycles. The molecule has 10 heavy (non-hydrogen) atoms. The molecule has 0 radical (unpaired) electrons. The third kappa shape index (κ3) is 1.26. The van der Waals surface area contributed by atoms with Gasteiger partial charge in [0.05, 0.1) is 4.48 Å². The minimum absolute atomic E-state index is 0.304. The topological polar surface area (TPSA) is 52.3 Å². The van der Waals surface area contributed by atoms with Crippen LogP contribution in [0.2, 0.25) is 0 Å². The smallest absolute Gasteiger partial charge is 0.346 e. The van der Waals surface area contributed by atoms with Gasteiger partial charge in [0.25, 0.3) is 0 Å². The number of esters is 1. The SMILES string of the molecule is NCC1OC(=O)C(Br)=C1Br. The Morgan fingerprint density at radius 3 is 2.40 bits per heavy atom. The third-order valence-electron chi connectivity index (χ3n) is 1.13. The molecule has 0 amide bonds. The number of nitrogens with two attached hydrogens (primary N) is 1. The van der Waals surface area contributed by atoms with E-state index >= 15 is 0 Å². The van der Waals surface area contributed by atoms with E-state index in [1.165, 1.54) is 0 Å². The molecule has 0 fully saturated rings. The van der Waals surface area contributed by atoms with Gasteiger partial charge in [-0.1, -0.05) is 15.9 Å². The first-order valence-corrected chi connectivity index (χ1v) is 4.21. The van der Waals surface area contributed by atoms with Gasteiger partial charge < -0.3 is 10.5 Å². The van der Waals surface area contributed by atoms with Crippen LogP contribution in [-0.4, -0.2) is 18.6 Å². The molecule has 56 valence electrons. The van der Waals surface area contributed by atoms with Crippen molar-refractivity contribution in [3.63, 3.8) is 0 Å². The highest BCUT2D eigenvalue weighted by Crippen LogP contribution is 2.30. The molecule has 0 spiro atoms. The molecule has 1 aliphatic rings. The van der Waals surface area contributed by atoms with Crippen molar-refractivity contribution < 1.29 is 9.53 Å². The van der Waals surface area contributed by atoms with E-state index in [1.54, 1.807) is 0 Å². The van der Waals surface area contributed by atoms with Gasteiger partial charge in [-0.25, -0.2) is 4.79 Å². The van der Waals surface area contributed by atoms with Gasteiger partial charge in [-0.15, -0.1) is 0 Å². The molecule has 0 saturated carbocycles. The predicted octanol–water partition coefficient (Wildman–Crippen LogP) is 0.872. The molecular weight excluding hydrogens is 266 g/mol. The Labute approximate surface area is 74.9 Å². The minimum Gasteiger partial charge on any atom is -0.452 e. The first kappa shape index (κ1) is 8.23. The summed E-state index contributed by atoms with van der Waals surface area (Å²) in [5.74, 6) is -0.359. The highest BCUT2D eigenvalue weighted by Gasteiger charge is 2.29. The molecule has 1 atom stereocenters.